The molecule has 5 nitrogen and oxygen atoms in total. The molecule has 0 unspecified atom stereocenters. The van der Waals surface area contributed by atoms with Gasteiger partial charge < -0.3 is 0 Å². The fraction of sp³-hybridized carbons (Fsp3) is 0.412. The van der Waals surface area contributed by atoms with Crippen molar-refractivity contribution in [3.63, 3.8) is 0 Å². The number of fused-ring (bicyclic) bond motifs is 1. The number of aryl methyl sites for hydroxylation is 1. The predicted molar refractivity (Wildman–Crippen MR) is 90.4 cm³/mol. The summed E-state index contributed by atoms with van der Waals surface area (Å²) >= 11 is 0. The Morgan fingerprint density at radius 3 is 2.32 bits per heavy atom. The first-order valence-corrected chi connectivity index (χ1v) is 9.70. The number of hydrogen-bond donors (Lipinski definition) is 0. The SMILES string of the molecule is CN([C@@]1(C)CCCc2cc(-c3c(F)cccc3F)nnc21)S(=O)(=O)C(F)(F)F. The standard InChI is InChI=1S/C17H16F5N3O2S/c1-16(25(2)28(26,27)17(20,21)22)8-4-5-10-9-13(23-24-15(10)16)14-11(18)6-3-7-12(14)19/h3,6-7,9H,4-5,8H2,1-2H3/t16-/m0/s1. The van der Waals surface area contributed by atoms with Crippen LogP contribution in [0.15, 0.2) is 24.3 Å². The summed E-state index contributed by atoms with van der Waals surface area (Å²) in [6.45, 7) is 1.33. The quantitative estimate of drug-likeness (QED) is 0.709. The molecule has 0 saturated carbocycles. The van der Waals surface area contributed by atoms with Crippen LogP contribution in [0.1, 0.15) is 31.0 Å². The Hall–Kier alpha value is -2.14. The molecule has 0 saturated heterocycles. The molecule has 0 aliphatic heterocycles. The fourth-order valence-corrected chi connectivity index (χ4v) is 4.43. The molecule has 1 aromatic heterocycles. The van der Waals surface area contributed by atoms with Gasteiger partial charge in [-0.15, -0.1) is 5.10 Å². The first-order chi connectivity index (χ1) is 12.9. The second-order valence-corrected chi connectivity index (χ2v) is 8.71. The van der Waals surface area contributed by atoms with Crippen molar-refractivity contribution in [2.24, 2.45) is 0 Å². The molecule has 11 heteroatoms. The van der Waals surface area contributed by atoms with Gasteiger partial charge in [0.2, 0.25) is 0 Å². The molecular weight excluding hydrogens is 405 g/mol. The van der Waals surface area contributed by atoms with Crippen molar-refractivity contribution in [1.82, 2.24) is 14.5 Å². The summed E-state index contributed by atoms with van der Waals surface area (Å²) in [5.74, 6) is -1.71. The van der Waals surface area contributed by atoms with Gasteiger partial charge in [-0.25, -0.2) is 17.2 Å². The van der Waals surface area contributed by atoms with Gasteiger partial charge in [0.25, 0.3) is 0 Å². The number of halogens is 5. The number of hydrogen-bond acceptors (Lipinski definition) is 4. The van der Waals surface area contributed by atoms with Gasteiger partial charge in [0.1, 0.15) is 11.6 Å². The lowest BCUT2D eigenvalue weighted by atomic mass is 9.81. The summed E-state index contributed by atoms with van der Waals surface area (Å²) in [7, 11) is -4.77. The molecule has 0 fully saturated rings. The Labute approximate surface area is 158 Å². The lowest BCUT2D eigenvalue weighted by molar-refractivity contribution is -0.0518. The molecule has 1 heterocycles. The van der Waals surface area contributed by atoms with E-state index in [4.69, 9.17) is 0 Å². The van der Waals surface area contributed by atoms with Crippen LogP contribution in [-0.2, 0) is 22.0 Å². The van der Waals surface area contributed by atoms with E-state index in [-0.39, 0.29) is 22.1 Å². The molecule has 0 radical (unpaired) electrons. The molecular formula is C17H16F5N3O2S. The van der Waals surface area contributed by atoms with E-state index in [0.29, 0.717) is 18.4 Å². The van der Waals surface area contributed by atoms with E-state index in [1.165, 1.54) is 19.1 Å². The zero-order chi connectivity index (χ0) is 20.9. The first kappa shape index (κ1) is 20.6. The zero-order valence-corrected chi connectivity index (χ0v) is 15.7. The Morgan fingerprint density at radius 1 is 1.14 bits per heavy atom. The van der Waals surface area contributed by atoms with Crippen molar-refractivity contribution in [3.05, 3.63) is 47.2 Å². The third kappa shape index (κ3) is 3.16. The zero-order valence-electron chi connectivity index (χ0n) is 14.9. The van der Waals surface area contributed by atoms with E-state index < -0.39 is 38.3 Å². The van der Waals surface area contributed by atoms with Crippen molar-refractivity contribution in [2.45, 2.75) is 37.2 Å². The maximum absolute atomic E-state index is 14.0. The number of rotatable bonds is 3. The van der Waals surface area contributed by atoms with Crippen LogP contribution in [0.3, 0.4) is 0 Å². The minimum absolute atomic E-state index is 0.0366. The third-order valence-electron chi connectivity index (χ3n) is 5.06. The highest BCUT2D eigenvalue weighted by Crippen LogP contribution is 2.43. The summed E-state index contributed by atoms with van der Waals surface area (Å²) in [5, 5.41) is 7.66. The fourth-order valence-electron chi connectivity index (χ4n) is 3.41. The summed E-state index contributed by atoms with van der Waals surface area (Å²) < 4.78 is 91.1. The van der Waals surface area contributed by atoms with Gasteiger partial charge in [-0.1, -0.05) is 6.07 Å². The summed E-state index contributed by atoms with van der Waals surface area (Å²) in [4.78, 5) is 0. The van der Waals surface area contributed by atoms with Crippen molar-refractivity contribution in [1.29, 1.82) is 0 Å². The highest BCUT2D eigenvalue weighted by atomic mass is 32.2. The molecule has 152 valence electrons. The summed E-state index contributed by atoms with van der Waals surface area (Å²) in [6, 6.07) is 4.63. The van der Waals surface area contributed by atoms with E-state index in [2.05, 4.69) is 10.2 Å². The smallest absolute Gasteiger partial charge is 0.206 e. The maximum Gasteiger partial charge on any atom is 0.511 e. The molecule has 3 rings (SSSR count). The second kappa shape index (κ2) is 6.73. The van der Waals surface area contributed by atoms with Crippen LogP contribution >= 0.6 is 0 Å². The Morgan fingerprint density at radius 2 is 1.75 bits per heavy atom. The van der Waals surface area contributed by atoms with E-state index in [1.807, 2.05) is 0 Å². The Bertz CT molecular complexity index is 1010. The molecule has 0 amide bonds. The van der Waals surface area contributed by atoms with Crippen molar-refractivity contribution in [3.8, 4) is 11.3 Å². The average molecular weight is 421 g/mol. The number of nitrogens with zero attached hydrogens (tertiary/aromatic N) is 3. The lowest BCUT2D eigenvalue weighted by Gasteiger charge is -2.41. The minimum atomic E-state index is -5.61. The van der Waals surface area contributed by atoms with E-state index in [9.17, 15) is 30.4 Å². The van der Waals surface area contributed by atoms with E-state index in [0.717, 1.165) is 19.2 Å². The monoisotopic (exact) mass is 421 g/mol. The van der Waals surface area contributed by atoms with Crippen LogP contribution in [0.5, 0.6) is 0 Å². The second-order valence-electron chi connectivity index (χ2n) is 6.75. The summed E-state index contributed by atoms with van der Waals surface area (Å²) in [5.41, 5.74) is -7.14. The normalized spacial score (nSPS) is 20.3. The van der Waals surface area contributed by atoms with Crippen LogP contribution in [0.4, 0.5) is 22.0 Å². The lowest BCUT2D eigenvalue weighted by Crippen LogP contribution is -2.51. The number of alkyl halides is 3. The Balaban J connectivity index is 2.11. The van der Waals surface area contributed by atoms with Gasteiger partial charge in [0, 0.05) is 7.05 Å². The topological polar surface area (TPSA) is 63.2 Å². The van der Waals surface area contributed by atoms with Gasteiger partial charge >= 0.3 is 15.5 Å². The predicted octanol–water partition coefficient (Wildman–Crippen LogP) is 3.75. The van der Waals surface area contributed by atoms with Crippen LogP contribution in [0.25, 0.3) is 11.3 Å². The highest BCUT2D eigenvalue weighted by Gasteiger charge is 2.55. The van der Waals surface area contributed by atoms with Gasteiger partial charge in [-0.05, 0) is 49.9 Å². The molecule has 0 bridgehead atoms. The molecule has 1 atom stereocenters. The van der Waals surface area contributed by atoms with Crippen molar-refractivity contribution < 1.29 is 30.4 Å². The maximum atomic E-state index is 14.0. The van der Waals surface area contributed by atoms with Crippen LogP contribution in [0, 0.1) is 11.6 Å². The molecule has 1 aliphatic rings. The average Bonchev–Trinajstić information content (AvgIpc) is 2.60. The molecule has 0 spiro atoms. The third-order valence-corrected chi connectivity index (χ3v) is 6.77. The molecule has 0 N–H and O–H groups in total. The largest absolute Gasteiger partial charge is 0.511 e. The van der Waals surface area contributed by atoms with Crippen molar-refractivity contribution in [2.75, 3.05) is 7.05 Å². The summed E-state index contributed by atoms with van der Waals surface area (Å²) in [6.07, 6.45) is 0.823. The van der Waals surface area contributed by atoms with E-state index >= 15 is 0 Å². The van der Waals surface area contributed by atoms with Gasteiger partial charge in [-0.3, -0.25) is 0 Å². The van der Waals surface area contributed by atoms with Gasteiger partial charge in [0.05, 0.1) is 22.5 Å². The molecule has 2 aromatic rings. The number of benzene rings is 1. The minimum Gasteiger partial charge on any atom is -0.206 e. The van der Waals surface area contributed by atoms with Gasteiger partial charge in [-0.2, -0.15) is 22.6 Å². The molecule has 1 aromatic carbocycles. The Kier molecular flexibility index (Phi) is 4.95. The first-order valence-electron chi connectivity index (χ1n) is 8.26. The van der Waals surface area contributed by atoms with Gasteiger partial charge in [0.15, 0.2) is 0 Å². The highest BCUT2D eigenvalue weighted by molar-refractivity contribution is 7.90. The van der Waals surface area contributed by atoms with Crippen molar-refractivity contribution >= 4 is 10.0 Å². The molecule has 1 aliphatic carbocycles. The number of aromatic nitrogens is 2. The molecule has 28 heavy (non-hydrogen) atoms. The van der Waals surface area contributed by atoms with Crippen LogP contribution in [-0.4, -0.2) is 35.5 Å². The van der Waals surface area contributed by atoms with E-state index in [1.54, 1.807) is 0 Å². The van der Waals surface area contributed by atoms with Crippen LogP contribution < -0.4 is 0 Å². The van der Waals surface area contributed by atoms with Crippen LogP contribution in [0.2, 0.25) is 0 Å². The number of sulfonamides is 1.